The van der Waals surface area contributed by atoms with Crippen LogP contribution in [0.3, 0.4) is 0 Å². The molecule has 0 fully saturated rings. The van der Waals surface area contributed by atoms with Crippen LogP contribution in [0.5, 0.6) is 0 Å². The van der Waals surface area contributed by atoms with Crippen molar-refractivity contribution in [3.63, 3.8) is 0 Å². The molecule has 43 heavy (non-hydrogen) atoms. The number of aryl methyl sites for hydroxylation is 3. The summed E-state index contributed by atoms with van der Waals surface area (Å²) >= 11 is 0. The van der Waals surface area contributed by atoms with E-state index in [9.17, 15) is 22.4 Å². The van der Waals surface area contributed by atoms with Crippen molar-refractivity contribution in [3.8, 4) is 0 Å². The minimum atomic E-state index is -4.22. The molecule has 4 aromatic rings. The second kappa shape index (κ2) is 13.6. The first-order valence-electron chi connectivity index (χ1n) is 14.0. The van der Waals surface area contributed by atoms with Crippen LogP contribution in [0, 0.1) is 26.6 Å². The van der Waals surface area contributed by atoms with Gasteiger partial charge in [0.15, 0.2) is 0 Å². The van der Waals surface area contributed by atoms with Gasteiger partial charge in [0.05, 0.1) is 10.6 Å². The summed E-state index contributed by atoms with van der Waals surface area (Å²) in [7, 11) is -2.75. The summed E-state index contributed by atoms with van der Waals surface area (Å²) in [6.07, 6.45) is 0.148. The number of rotatable bonds is 11. The van der Waals surface area contributed by atoms with Gasteiger partial charge >= 0.3 is 0 Å². The Balaban J connectivity index is 1.82. The van der Waals surface area contributed by atoms with Crippen LogP contribution in [-0.2, 0) is 32.6 Å². The highest BCUT2D eigenvalue weighted by molar-refractivity contribution is 7.92. The minimum Gasteiger partial charge on any atom is -0.357 e. The zero-order chi connectivity index (χ0) is 31.1. The number of hydrogen-bond donors (Lipinski definition) is 1. The third kappa shape index (κ3) is 7.48. The normalized spacial score (nSPS) is 11.9. The van der Waals surface area contributed by atoms with Gasteiger partial charge in [-0.1, -0.05) is 83.9 Å². The van der Waals surface area contributed by atoms with Gasteiger partial charge in [0.25, 0.3) is 10.0 Å². The lowest BCUT2D eigenvalue weighted by atomic mass is 10.0. The molecule has 4 aromatic carbocycles. The topological polar surface area (TPSA) is 86.8 Å². The Labute approximate surface area is 253 Å². The Kier molecular flexibility index (Phi) is 9.98. The maximum absolute atomic E-state index is 14.9. The first kappa shape index (κ1) is 31.4. The third-order valence-electron chi connectivity index (χ3n) is 7.32. The maximum atomic E-state index is 14.9. The molecule has 0 unspecified atom stereocenters. The summed E-state index contributed by atoms with van der Waals surface area (Å²) in [5, 5.41) is 2.62. The Morgan fingerprint density at radius 2 is 1.47 bits per heavy atom. The Bertz CT molecular complexity index is 1690. The average molecular weight is 602 g/mol. The van der Waals surface area contributed by atoms with E-state index in [2.05, 4.69) is 5.32 Å². The van der Waals surface area contributed by atoms with E-state index in [0.717, 1.165) is 21.0 Å². The Hall–Kier alpha value is -4.50. The minimum absolute atomic E-state index is 0.0265. The van der Waals surface area contributed by atoms with Gasteiger partial charge in [0, 0.05) is 25.6 Å². The predicted molar refractivity (Wildman–Crippen MR) is 167 cm³/mol. The highest BCUT2D eigenvalue weighted by Crippen LogP contribution is 2.29. The highest BCUT2D eigenvalue weighted by atomic mass is 32.2. The van der Waals surface area contributed by atoms with Gasteiger partial charge in [0.2, 0.25) is 11.8 Å². The van der Waals surface area contributed by atoms with Crippen LogP contribution in [-0.4, -0.2) is 44.8 Å². The monoisotopic (exact) mass is 601 g/mol. The number of nitrogens with zero attached hydrogens (tertiary/aromatic N) is 2. The lowest BCUT2D eigenvalue weighted by Gasteiger charge is -2.34. The average Bonchev–Trinajstić information content (AvgIpc) is 2.99. The van der Waals surface area contributed by atoms with Crippen molar-refractivity contribution in [1.29, 1.82) is 0 Å². The molecule has 2 amide bonds. The Morgan fingerprint density at radius 3 is 2.09 bits per heavy atom. The van der Waals surface area contributed by atoms with Gasteiger partial charge in [-0.2, -0.15) is 0 Å². The summed E-state index contributed by atoms with van der Waals surface area (Å²) in [4.78, 5) is 28.9. The number of hydrogen-bond acceptors (Lipinski definition) is 4. The zero-order valence-electron chi connectivity index (χ0n) is 24.7. The molecule has 7 nitrogen and oxygen atoms in total. The molecule has 0 saturated carbocycles. The van der Waals surface area contributed by atoms with Gasteiger partial charge in [-0.05, 0) is 56.2 Å². The number of nitrogens with one attached hydrogen (secondary N) is 1. The molecule has 0 heterocycles. The summed E-state index contributed by atoms with van der Waals surface area (Å²) in [5.74, 6) is -1.63. The van der Waals surface area contributed by atoms with Crippen molar-refractivity contribution in [1.82, 2.24) is 10.2 Å². The fraction of sp³-hybridized carbons (Fsp3) is 0.235. The van der Waals surface area contributed by atoms with Crippen molar-refractivity contribution in [2.24, 2.45) is 0 Å². The first-order chi connectivity index (χ1) is 20.5. The lowest BCUT2D eigenvalue weighted by Crippen LogP contribution is -2.53. The quantitative estimate of drug-likeness (QED) is 0.252. The number of sulfonamides is 1. The largest absolute Gasteiger partial charge is 0.357 e. The molecule has 0 bridgehead atoms. The van der Waals surface area contributed by atoms with Crippen molar-refractivity contribution >= 4 is 27.5 Å². The summed E-state index contributed by atoms with van der Waals surface area (Å²) < 4.78 is 44.2. The molecule has 0 aliphatic carbocycles. The van der Waals surface area contributed by atoms with Crippen molar-refractivity contribution < 1.29 is 22.4 Å². The van der Waals surface area contributed by atoms with Crippen LogP contribution in [0.1, 0.15) is 27.8 Å². The number of benzene rings is 4. The van der Waals surface area contributed by atoms with Crippen molar-refractivity contribution in [2.45, 2.75) is 44.7 Å². The molecule has 4 rings (SSSR count). The van der Waals surface area contributed by atoms with Crippen LogP contribution < -0.4 is 9.62 Å². The van der Waals surface area contributed by atoms with E-state index in [0.29, 0.717) is 11.3 Å². The predicted octanol–water partition coefficient (Wildman–Crippen LogP) is 5.33. The molecule has 0 aliphatic heterocycles. The fourth-order valence-electron chi connectivity index (χ4n) is 4.97. The van der Waals surface area contributed by atoms with Crippen molar-refractivity contribution in [2.75, 3.05) is 17.9 Å². The molecular weight excluding hydrogens is 565 g/mol. The van der Waals surface area contributed by atoms with Gasteiger partial charge in [-0.25, -0.2) is 12.8 Å². The summed E-state index contributed by atoms with van der Waals surface area (Å²) in [6.45, 7) is 4.70. The van der Waals surface area contributed by atoms with Crippen LogP contribution in [0.25, 0.3) is 0 Å². The van der Waals surface area contributed by atoms with Crippen LogP contribution in [0.2, 0.25) is 0 Å². The number of halogens is 1. The lowest BCUT2D eigenvalue weighted by molar-refractivity contribution is -0.139. The molecule has 1 N–H and O–H groups in total. The molecule has 0 aromatic heterocycles. The van der Waals surface area contributed by atoms with Crippen LogP contribution >= 0.6 is 0 Å². The third-order valence-corrected chi connectivity index (χ3v) is 9.10. The molecule has 9 heteroatoms. The zero-order valence-corrected chi connectivity index (χ0v) is 25.6. The second-order valence-corrected chi connectivity index (χ2v) is 12.4. The molecule has 0 radical (unpaired) electrons. The van der Waals surface area contributed by atoms with E-state index < -0.39 is 40.2 Å². The molecule has 0 aliphatic rings. The highest BCUT2D eigenvalue weighted by Gasteiger charge is 2.35. The molecular formula is C34H36FN3O4S. The number of carbonyl (C=O) groups is 2. The SMILES string of the molecule is CNC(=O)[C@H](Cc1ccccc1)N(Cc1ccccc1F)C(=O)CN(c1ccc(C)cc1C)S(=O)(=O)c1ccc(C)cc1. The van der Waals surface area contributed by atoms with Gasteiger partial charge in [-0.3, -0.25) is 13.9 Å². The number of amides is 2. The van der Waals surface area contributed by atoms with E-state index in [1.54, 1.807) is 49.4 Å². The second-order valence-electron chi connectivity index (χ2n) is 10.5. The van der Waals surface area contributed by atoms with E-state index in [1.807, 2.05) is 50.2 Å². The van der Waals surface area contributed by atoms with E-state index in [-0.39, 0.29) is 23.4 Å². The molecule has 224 valence electrons. The smallest absolute Gasteiger partial charge is 0.264 e. The Morgan fingerprint density at radius 1 is 0.837 bits per heavy atom. The molecule has 0 saturated heterocycles. The molecule has 1 atom stereocenters. The van der Waals surface area contributed by atoms with Gasteiger partial charge in [-0.15, -0.1) is 0 Å². The van der Waals surface area contributed by atoms with Crippen molar-refractivity contribution in [3.05, 3.63) is 131 Å². The number of carbonyl (C=O) groups excluding carboxylic acids is 2. The summed E-state index contributed by atoms with van der Waals surface area (Å²) in [5.41, 5.74) is 3.82. The van der Waals surface area contributed by atoms with Gasteiger partial charge < -0.3 is 10.2 Å². The van der Waals surface area contributed by atoms with Gasteiger partial charge in [0.1, 0.15) is 18.4 Å². The molecule has 0 spiro atoms. The van der Waals surface area contributed by atoms with E-state index in [4.69, 9.17) is 0 Å². The van der Waals surface area contributed by atoms with E-state index >= 15 is 0 Å². The number of anilines is 1. The van der Waals surface area contributed by atoms with Crippen LogP contribution in [0.4, 0.5) is 10.1 Å². The maximum Gasteiger partial charge on any atom is 0.264 e. The fourth-order valence-corrected chi connectivity index (χ4v) is 6.45. The number of likely N-dealkylation sites (N-methyl/N-ethyl adjacent to an activating group) is 1. The first-order valence-corrected chi connectivity index (χ1v) is 15.4. The summed E-state index contributed by atoms with van der Waals surface area (Å²) in [6, 6.07) is 25.9. The van der Waals surface area contributed by atoms with E-state index in [1.165, 1.54) is 30.1 Å². The standard InChI is InChI=1S/C34H36FN3O4S/c1-24-14-17-29(18-15-24)43(41,42)38(31-19-16-25(2)20-26(31)3)23-33(39)37(22-28-12-8-9-13-30(28)35)32(34(40)36-4)21-27-10-6-5-7-11-27/h5-20,32H,21-23H2,1-4H3,(H,36,40)/t32-/m0/s1. The van der Waals surface area contributed by atoms with Crippen LogP contribution in [0.15, 0.2) is 102 Å².